The summed E-state index contributed by atoms with van der Waals surface area (Å²) >= 11 is 0. The van der Waals surface area contributed by atoms with Crippen LogP contribution in [0.15, 0.2) is 24.3 Å². The van der Waals surface area contributed by atoms with Crippen molar-refractivity contribution in [3.63, 3.8) is 0 Å². The van der Waals surface area contributed by atoms with Gasteiger partial charge >= 0.3 is 0 Å². The monoisotopic (exact) mass is 264 g/mol. The van der Waals surface area contributed by atoms with Crippen LogP contribution in [0.2, 0.25) is 0 Å². The predicted molar refractivity (Wildman–Crippen MR) is 71.6 cm³/mol. The highest BCUT2D eigenvalue weighted by molar-refractivity contribution is 5.84. The summed E-state index contributed by atoms with van der Waals surface area (Å²) in [6, 6.07) is 7.90. The van der Waals surface area contributed by atoms with Crippen LogP contribution < -0.4 is 5.32 Å². The Labute approximate surface area is 112 Å². The van der Waals surface area contributed by atoms with Gasteiger partial charge in [-0.1, -0.05) is 24.3 Å². The van der Waals surface area contributed by atoms with Gasteiger partial charge in [0.15, 0.2) is 0 Å². The number of hydrogen-bond acceptors (Lipinski definition) is 4. The van der Waals surface area contributed by atoms with Crippen molar-refractivity contribution < 1.29 is 15.0 Å². The van der Waals surface area contributed by atoms with Crippen LogP contribution in [0.3, 0.4) is 0 Å². The molecule has 0 saturated heterocycles. The summed E-state index contributed by atoms with van der Waals surface area (Å²) in [6.45, 7) is 1.72. The van der Waals surface area contributed by atoms with Crippen molar-refractivity contribution in [1.29, 1.82) is 0 Å². The quantitative estimate of drug-likeness (QED) is 0.682. The lowest BCUT2D eigenvalue weighted by Gasteiger charge is -2.30. The second kappa shape index (κ2) is 6.65. The van der Waals surface area contributed by atoms with Gasteiger partial charge in [-0.25, -0.2) is 0 Å². The van der Waals surface area contributed by atoms with Crippen molar-refractivity contribution in [2.45, 2.75) is 12.5 Å². The van der Waals surface area contributed by atoms with E-state index in [-0.39, 0.29) is 38.1 Å². The third-order valence-electron chi connectivity index (χ3n) is 3.44. The van der Waals surface area contributed by atoms with Gasteiger partial charge in [-0.05, 0) is 11.1 Å². The number of benzene rings is 1. The molecule has 3 N–H and O–H groups in total. The van der Waals surface area contributed by atoms with Gasteiger partial charge in [-0.15, -0.1) is 0 Å². The van der Waals surface area contributed by atoms with E-state index in [4.69, 9.17) is 10.2 Å². The lowest BCUT2D eigenvalue weighted by atomic mass is 9.90. The molecule has 0 fully saturated rings. The molecule has 0 spiro atoms. The molecule has 1 atom stereocenters. The minimum absolute atomic E-state index is 0.0391. The van der Waals surface area contributed by atoms with E-state index in [2.05, 4.69) is 5.32 Å². The molecule has 1 aromatic rings. The summed E-state index contributed by atoms with van der Waals surface area (Å²) < 4.78 is 0. The normalized spacial score (nSPS) is 17.9. The van der Waals surface area contributed by atoms with E-state index in [9.17, 15) is 4.79 Å². The molecule has 5 nitrogen and oxygen atoms in total. The smallest absolute Gasteiger partial charge is 0.231 e. The zero-order chi connectivity index (χ0) is 13.7. The molecule has 1 aromatic carbocycles. The SMILES string of the molecule is O=C(C1CNCc2ccccc21)N(CCO)CCO. The summed E-state index contributed by atoms with van der Waals surface area (Å²) in [5, 5.41) is 21.3. The summed E-state index contributed by atoms with van der Waals surface area (Å²) in [5.74, 6) is -0.272. The molecule has 104 valence electrons. The fraction of sp³-hybridized carbons (Fsp3) is 0.500. The van der Waals surface area contributed by atoms with Crippen molar-refractivity contribution in [1.82, 2.24) is 10.2 Å². The molecule has 1 heterocycles. The average Bonchev–Trinajstić information content (AvgIpc) is 2.46. The Morgan fingerprint density at radius 2 is 1.95 bits per heavy atom. The van der Waals surface area contributed by atoms with E-state index in [1.165, 1.54) is 4.90 Å². The van der Waals surface area contributed by atoms with Gasteiger partial charge in [-0.2, -0.15) is 0 Å². The molecule has 0 aliphatic carbocycles. The van der Waals surface area contributed by atoms with Crippen LogP contribution in [-0.2, 0) is 11.3 Å². The van der Waals surface area contributed by atoms with E-state index < -0.39 is 0 Å². The second-order valence-electron chi connectivity index (χ2n) is 4.65. The number of fused-ring (bicyclic) bond motifs is 1. The maximum absolute atomic E-state index is 12.5. The first-order valence-electron chi connectivity index (χ1n) is 6.57. The number of rotatable bonds is 5. The summed E-state index contributed by atoms with van der Waals surface area (Å²) in [5.41, 5.74) is 2.19. The molecule has 1 aliphatic heterocycles. The molecular weight excluding hydrogens is 244 g/mol. The van der Waals surface area contributed by atoms with Crippen LogP contribution in [0.5, 0.6) is 0 Å². The van der Waals surface area contributed by atoms with Crippen molar-refractivity contribution in [3.05, 3.63) is 35.4 Å². The summed E-state index contributed by atoms with van der Waals surface area (Å²) in [6.07, 6.45) is 0. The number of carbonyl (C=O) groups is 1. The largest absolute Gasteiger partial charge is 0.395 e. The molecule has 1 amide bonds. The number of aliphatic hydroxyl groups is 2. The molecule has 2 rings (SSSR count). The fourth-order valence-electron chi connectivity index (χ4n) is 2.51. The van der Waals surface area contributed by atoms with Crippen LogP contribution in [-0.4, -0.2) is 53.9 Å². The molecule has 1 aliphatic rings. The van der Waals surface area contributed by atoms with Crippen LogP contribution in [0.1, 0.15) is 17.0 Å². The van der Waals surface area contributed by atoms with Gasteiger partial charge < -0.3 is 20.4 Å². The molecule has 19 heavy (non-hydrogen) atoms. The lowest BCUT2D eigenvalue weighted by molar-refractivity contribution is -0.134. The Morgan fingerprint density at radius 3 is 2.63 bits per heavy atom. The maximum atomic E-state index is 12.5. The van der Waals surface area contributed by atoms with E-state index in [0.717, 1.165) is 17.7 Å². The number of hydrogen-bond donors (Lipinski definition) is 3. The minimum atomic E-state index is -0.233. The van der Waals surface area contributed by atoms with Crippen LogP contribution in [0.4, 0.5) is 0 Å². The zero-order valence-electron chi connectivity index (χ0n) is 10.9. The van der Waals surface area contributed by atoms with Crippen LogP contribution in [0.25, 0.3) is 0 Å². The Morgan fingerprint density at radius 1 is 1.26 bits per heavy atom. The first kappa shape index (κ1) is 14.0. The van der Waals surface area contributed by atoms with Gasteiger partial charge in [0.1, 0.15) is 0 Å². The number of nitrogens with one attached hydrogen (secondary N) is 1. The topological polar surface area (TPSA) is 72.8 Å². The molecule has 0 saturated carbocycles. The highest BCUT2D eigenvalue weighted by Crippen LogP contribution is 2.25. The zero-order valence-corrected chi connectivity index (χ0v) is 10.9. The first-order chi connectivity index (χ1) is 9.27. The second-order valence-corrected chi connectivity index (χ2v) is 4.65. The van der Waals surface area contributed by atoms with Crippen LogP contribution >= 0.6 is 0 Å². The van der Waals surface area contributed by atoms with Crippen molar-refractivity contribution in [2.24, 2.45) is 0 Å². The average molecular weight is 264 g/mol. The summed E-state index contributed by atoms with van der Waals surface area (Å²) in [7, 11) is 0. The summed E-state index contributed by atoms with van der Waals surface area (Å²) in [4.78, 5) is 14.0. The van der Waals surface area contributed by atoms with E-state index >= 15 is 0 Å². The van der Waals surface area contributed by atoms with Crippen molar-refractivity contribution >= 4 is 5.91 Å². The Kier molecular flexibility index (Phi) is 4.90. The maximum Gasteiger partial charge on any atom is 0.231 e. The molecule has 0 bridgehead atoms. The van der Waals surface area contributed by atoms with E-state index in [1.807, 2.05) is 24.3 Å². The van der Waals surface area contributed by atoms with Crippen molar-refractivity contribution in [2.75, 3.05) is 32.8 Å². The fourth-order valence-corrected chi connectivity index (χ4v) is 2.51. The van der Waals surface area contributed by atoms with Gasteiger partial charge in [0.2, 0.25) is 5.91 Å². The van der Waals surface area contributed by atoms with Gasteiger partial charge in [0, 0.05) is 26.2 Å². The third-order valence-corrected chi connectivity index (χ3v) is 3.44. The molecule has 0 aromatic heterocycles. The molecule has 5 heteroatoms. The van der Waals surface area contributed by atoms with Gasteiger partial charge in [0.25, 0.3) is 0 Å². The highest BCUT2D eigenvalue weighted by atomic mass is 16.3. The standard InChI is InChI=1S/C14H20N2O3/c17-7-5-16(6-8-18)14(19)13-10-15-9-11-3-1-2-4-12(11)13/h1-4,13,15,17-18H,5-10H2. The Bertz CT molecular complexity index is 430. The van der Waals surface area contributed by atoms with E-state index in [1.54, 1.807) is 0 Å². The molecular formula is C14H20N2O3. The van der Waals surface area contributed by atoms with Crippen molar-refractivity contribution in [3.8, 4) is 0 Å². The number of carbonyl (C=O) groups excluding carboxylic acids is 1. The third kappa shape index (κ3) is 3.12. The number of amides is 1. The predicted octanol–water partition coefficient (Wildman–Crippen LogP) is -0.313. The molecule has 0 radical (unpaired) electrons. The lowest BCUT2D eigenvalue weighted by Crippen LogP contribution is -2.43. The molecule has 1 unspecified atom stereocenters. The Balaban J connectivity index is 2.19. The van der Waals surface area contributed by atoms with E-state index in [0.29, 0.717) is 6.54 Å². The number of nitrogens with zero attached hydrogens (tertiary/aromatic N) is 1. The number of aliphatic hydroxyl groups excluding tert-OH is 2. The van der Waals surface area contributed by atoms with Gasteiger partial charge in [-0.3, -0.25) is 4.79 Å². The first-order valence-corrected chi connectivity index (χ1v) is 6.57. The van der Waals surface area contributed by atoms with Gasteiger partial charge in [0.05, 0.1) is 19.1 Å². The Hall–Kier alpha value is -1.43. The highest BCUT2D eigenvalue weighted by Gasteiger charge is 2.29. The minimum Gasteiger partial charge on any atom is -0.395 e. The van der Waals surface area contributed by atoms with Crippen LogP contribution in [0, 0.1) is 0 Å².